The van der Waals surface area contributed by atoms with Crippen LogP contribution in [0.4, 0.5) is 13.9 Å². The summed E-state index contributed by atoms with van der Waals surface area (Å²) in [5, 5.41) is 7.15. The lowest BCUT2D eigenvalue weighted by Crippen LogP contribution is -2.04. The van der Waals surface area contributed by atoms with Gasteiger partial charge in [0.15, 0.2) is 0 Å². The molecule has 0 aliphatic heterocycles. The van der Waals surface area contributed by atoms with Crippen molar-refractivity contribution in [3.05, 3.63) is 64.5 Å². The summed E-state index contributed by atoms with van der Waals surface area (Å²) in [5.74, 6) is 0.0593. The van der Waals surface area contributed by atoms with E-state index in [1.54, 1.807) is 30.3 Å². The number of anilines is 1. The van der Waals surface area contributed by atoms with Crippen LogP contribution in [-0.2, 0) is 0 Å². The summed E-state index contributed by atoms with van der Waals surface area (Å²) in [6, 6.07) is 13.7. The molecule has 3 rings (SSSR count). The molecule has 0 unspecified atom stereocenters. The van der Waals surface area contributed by atoms with Gasteiger partial charge in [-0.2, -0.15) is 13.9 Å². The molecular weight excluding hydrogens is 368 g/mol. The van der Waals surface area contributed by atoms with Gasteiger partial charge in [-0.25, -0.2) is 4.98 Å². The number of hydrogen-bond donors (Lipinski definition) is 1. The second-order valence-corrected chi connectivity index (χ2v) is 6.13. The number of rotatable bonds is 6. The monoisotopic (exact) mass is 379 g/mol. The minimum atomic E-state index is -2.89. The zero-order valence-electron chi connectivity index (χ0n) is 12.7. The lowest BCUT2D eigenvalue weighted by molar-refractivity contribution is -0.0499. The first kappa shape index (κ1) is 17.3. The third-order valence-corrected chi connectivity index (χ3v) is 4.14. The topological polar surface area (TPSA) is 46.5 Å². The van der Waals surface area contributed by atoms with Crippen LogP contribution in [0.25, 0.3) is 11.3 Å². The number of hydrazone groups is 1. The highest BCUT2D eigenvalue weighted by Gasteiger charge is 2.08. The minimum absolute atomic E-state index is 0.0593. The molecule has 0 aliphatic rings. The quantitative estimate of drug-likeness (QED) is 0.453. The van der Waals surface area contributed by atoms with E-state index in [0.29, 0.717) is 15.7 Å². The van der Waals surface area contributed by atoms with E-state index in [9.17, 15) is 8.78 Å². The largest absolute Gasteiger partial charge is 0.434 e. The molecule has 4 nitrogen and oxygen atoms in total. The zero-order valence-corrected chi connectivity index (χ0v) is 14.3. The van der Waals surface area contributed by atoms with Crippen molar-refractivity contribution in [1.29, 1.82) is 0 Å². The summed E-state index contributed by atoms with van der Waals surface area (Å²) in [4.78, 5) is 4.41. The normalized spacial score (nSPS) is 11.2. The first-order chi connectivity index (χ1) is 12.1. The Hall–Kier alpha value is -2.51. The smallest absolute Gasteiger partial charge is 0.387 e. The Morgan fingerprint density at radius 1 is 1.16 bits per heavy atom. The van der Waals surface area contributed by atoms with Crippen molar-refractivity contribution in [2.45, 2.75) is 6.61 Å². The number of nitrogens with one attached hydrogen (secondary N) is 1. The molecule has 0 atom stereocenters. The molecular formula is C17H12ClF2N3OS. The molecule has 25 heavy (non-hydrogen) atoms. The van der Waals surface area contributed by atoms with Crippen LogP contribution in [0.1, 0.15) is 5.56 Å². The maximum absolute atomic E-state index is 12.4. The molecule has 0 amide bonds. The number of ether oxygens (including phenoxy) is 1. The third kappa shape index (κ3) is 4.74. The molecule has 0 saturated carbocycles. The SMILES string of the molecule is FC(F)Oc1ccccc1C=NNc1nc(-c2ccc(Cl)cc2)cs1. The van der Waals surface area contributed by atoms with Crippen molar-refractivity contribution in [3.8, 4) is 17.0 Å². The average molecular weight is 380 g/mol. The first-order valence-electron chi connectivity index (χ1n) is 7.16. The van der Waals surface area contributed by atoms with Crippen LogP contribution in [-0.4, -0.2) is 17.8 Å². The second-order valence-electron chi connectivity index (χ2n) is 4.83. The molecule has 0 radical (unpaired) electrons. The Balaban J connectivity index is 1.68. The molecule has 0 saturated heterocycles. The molecule has 3 aromatic rings. The Morgan fingerprint density at radius 3 is 2.68 bits per heavy atom. The zero-order chi connectivity index (χ0) is 17.6. The van der Waals surface area contributed by atoms with Gasteiger partial charge >= 0.3 is 6.61 Å². The fourth-order valence-corrected chi connectivity index (χ4v) is 2.82. The number of thiazole rings is 1. The van der Waals surface area contributed by atoms with Gasteiger partial charge in [-0.15, -0.1) is 11.3 Å². The van der Waals surface area contributed by atoms with Crippen LogP contribution in [0.3, 0.4) is 0 Å². The summed E-state index contributed by atoms with van der Waals surface area (Å²) in [7, 11) is 0. The van der Waals surface area contributed by atoms with Gasteiger partial charge in [-0.1, -0.05) is 35.9 Å². The van der Waals surface area contributed by atoms with Gasteiger partial charge in [0.2, 0.25) is 5.13 Å². The Bertz CT molecular complexity index is 868. The Morgan fingerprint density at radius 2 is 1.92 bits per heavy atom. The minimum Gasteiger partial charge on any atom is -0.434 e. The van der Waals surface area contributed by atoms with E-state index in [-0.39, 0.29) is 5.75 Å². The van der Waals surface area contributed by atoms with Crippen LogP contribution >= 0.6 is 22.9 Å². The molecule has 8 heteroatoms. The maximum Gasteiger partial charge on any atom is 0.387 e. The van der Waals surface area contributed by atoms with Crippen LogP contribution in [0.2, 0.25) is 5.02 Å². The van der Waals surface area contributed by atoms with Gasteiger partial charge < -0.3 is 4.74 Å². The van der Waals surface area contributed by atoms with Crippen molar-refractivity contribution in [3.63, 3.8) is 0 Å². The van der Waals surface area contributed by atoms with Gasteiger partial charge in [-0.05, 0) is 24.3 Å². The van der Waals surface area contributed by atoms with Crippen LogP contribution in [0.5, 0.6) is 5.75 Å². The van der Waals surface area contributed by atoms with Gasteiger partial charge in [0.25, 0.3) is 0 Å². The van der Waals surface area contributed by atoms with Crippen molar-refractivity contribution < 1.29 is 13.5 Å². The number of nitrogens with zero attached hydrogens (tertiary/aromatic N) is 2. The van der Waals surface area contributed by atoms with Gasteiger partial charge in [0.1, 0.15) is 5.75 Å². The predicted molar refractivity (Wildman–Crippen MR) is 96.9 cm³/mol. The molecule has 0 aliphatic carbocycles. The van der Waals surface area contributed by atoms with Gasteiger partial charge in [-0.3, -0.25) is 5.43 Å². The fraction of sp³-hybridized carbons (Fsp3) is 0.0588. The summed E-state index contributed by atoms with van der Waals surface area (Å²) in [6.45, 7) is -2.89. The number of alkyl halides is 2. The van der Waals surface area contributed by atoms with Crippen molar-refractivity contribution in [2.75, 3.05) is 5.43 Å². The van der Waals surface area contributed by atoms with E-state index < -0.39 is 6.61 Å². The molecule has 0 bridgehead atoms. The Labute approximate surface area is 151 Å². The summed E-state index contributed by atoms with van der Waals surface area (Å²) < 4.78 is 29.2. The van der Waals surface area contributed by atoms with E-state index in [1.165, 1.54) is 23.6 Å². The molecule has 1 N–H and O–H groups in total. The van der Waals surface area contributed by atoms with Crippen LogP contribution in [0.15, 0.2) is 59.0 Å². The van der Waals surface area contributed by atoms with Crippen LogP contribution in [0, 0.1) is 0 Å². The standard InChI is InChI=1S/C17H12ClF2N3OS/c18-13-7-5-11(6-8-13)14-10-25-17(22-14)23-21-9-12-3-1-2-4-15(12)24-16(19)20/h1-10,16H,(H,22,23). The first-order valence-corrected chi connectivity index (χ1v) is 8.42. The Kier molecular flexibility index (Phi) is 5.57. The van der Waals surface area contributed by atoms with E-state index in [4.69, 9.17) is 11.6 Å². The number of halogens is 3. The number of benzene rings is 2. The lowest BCUT2D eigenvalue weighted by Gasteiger charge is -2.06. The van der Waals surface area contributed by atoms with Crippen molar-refractivity contribution >= 4 is 34.3 Å². The van der Waals surface area contributed by atoms with Gasteiger partial charge in [0, 0.05) is 21.5 Å². The number of aromatic nitrogens is 1. The van der Waals surface area contributed by atoms with Crippen molar-refractivity contribution in [1.82, 2.24) is 4.98 Å². The second kappa shape index (κ2) is 8.04. The number of hydrogen-bond acceptors (Lipinski definition) is 5. The van der Waals surface area contributed by atoms with E-state index >= 15 is 0 Å². The molecule has 0 spiro atoms. The van der Waals surface area contributed by atoms with Crippen LogP contribution < -0.4 is 10.2 Å². The van der Waals surface area contributed by atoms with E-state index in [0.717, 1.165) is 11.3 Å². The van der Waals surface area contributed by atoms with Crippen molar-refractivity contribution in [2.24, 2.45) is 5.10 Å². The molecule has 128 valence electrons. The highest BCUT2D eigenvalue weighted by Crippen LogP contribution is 2.26. The fourth-order valence-electron chi connectivity index (χ4n) is 2.03. The van der Waals surface area contributed by atoms with Gasteiger partial charge in [0.05, 0.1) is 11.9 Å². The highest BCUT2D eigenvalue weighted by molar-refractivity contribution is 7.14. The molecule has 2 aromatic carbocycles. The molecule has 0 fully saturated rings. The summed E-state index contributed by atoms with van der Waals surface area (Å²) in [5.41, 5.74) is 4.95. The average Bonchev–Trinajstić information content (AvgIpc) is 3.05. The summed E-state index contributed by atoms with van der Waals surface area (Å²) in [6.07, 6.45) is 1.40. The number of para-hydroxylation sites is 1. The summed E-state index contributed by atoms with van der Waals surface area (Å²) >= 11 is 7.25. The third-order valence-electron chi connectivity index (χ3n) is 3.14. The predicted octanol–water partition coefficient (Wildman–Crippen LogP) is 5.51. The molecule has 1 aromatic heterocycles. The molecule has 1 heterocycles. The van der Waals surface area contributed by atoms with E-state index in [2.05, 4.69) is 20.2 Å². The van der Waals surface area contributed by atoms with E-state index in [1.807, 2.05) is 17.5 Å². The maximum atomic E-state index is 12.4. The lowest BCUT2D eigenvalue weighted by atomic mass is 10.2. The highest BCUT2D eigenvalue weighted by atomic mass is 35.5.